The van der Waals surface area contributed by atoms with Crippen molar-refractivity contribution in [2.45, 2.75) is 31.3 Å². The van der Waals surface area contributed by atoms with Crippen LogP contribution in [0.1, 0.15) is 29.6 Å². The van der Waals surface area contributed by atoms with Gasteiger partial charge in [0.15, 0.2) is 0 Å². The monoisotopic (exact) mass is 272 g/mol. The molecule has 0 aromatic heterocycles. The van der Waals surface area contributed by atoms with Crippen LogP contribution in [0.25, 0.3) is 0 Å². The van der Waals surface area contributed by atoms with Gasteiger partial charge in [-0.3, -0.25) is 4.79 Å². The zero-order valence-electron chi connectivity index (χ0n) is 9.25. The normalized spacial score (nSPS) is 23.7. The first-order valence-electron chi connectivity index (χ1n) is 5.59. The van der Waals surface area contributed by atoms with Crippen molar-refractivity contribution in [1.29, 1.82) is 0 Å². The minimum absolute atomic E-state index is 0.0496. The minimum atomic E-state index is -0.170. The molecule has 5 heteroatoms. The summed E-state index contributed by atoms with van der Waals surface area (Å²) in [5, 5.41) is 3.83. The van der Waals surface area contributed by atoms with Gasteiger partial charge in [0.1, 0.15) is 0 Å². The van der Waals surface area contributed by atoms with Crippen molar-refractivity contribution in [3.8, 4) is 0 Å². The molecule has 2 atom stereocenters. The molecule has 1 aromatic rings. The average molecular weight is 273 g/mol. The number of carbonyl (C=O) groups excluding carboxylic acids is 1. The lowest BCUT2D eigenvalue weighted by molar-refractivity contribution is 0.0934. The fourth-order valence-electron chi connectivity index (χ4n) is 2.10. The zero-order valence-corrected chi connectivity index (χ0v) is 10.8. The first-order valence-corrected chi connectivity index (χ1v) is 6.34. The van der Waals surface area contributed by atoms with E-state index in [0.717, 1.165) is 19.3 Å². The molecule has 3 N–H and O–H groups in total. The molecule has 3 nitrogen and oxygen atoms in total. The van der Waals surface area contributed by atoms with Crippen molar-refractivity contribution in [3.05, 3.63) is 33.8 Å². The molecule has 92 valence electrons. The SMILES string of the molecule is NC1CCCC1NC(=O)c1cc(Cl)cc(Cl)c1. The molecule has 0 radical (unpaired) electrons. The van der Waals surface area contributed by atoms with E-state index in [-0.39, 0.29) is 18.0 Å². The molecule has 0 aliphatic heterocycles. The van der Waals surface area contributed by atoms with Gasteiger partial charge in [-0.05, 0) is 37.5 Å². The topological polar surface area (TPSA) is 55.1 Å². The third-order valence-electron chi connectivity index (χ3n) is 3.01. The van der Waals surface area contributed by atoms with Crippen LogP contribution in [-0.2, 0) is 0 Å². The van der Waals surface area contributed by atoms with Crippen molar-refractivity contribution in [3.63, 3.8) is 0 Å². The molecule has 1 aliphatic carbocycles. The summed E-state index contributed by atoms with van der Waals surface area (Å²) < 4.78 is 0. The van der Waals surface area contributed by atoms with Crippen molar-refractivity contribution in [2.24, 2.45) is 5.73 Å². The lowest BCUT2D eigenvalue weighted by atomic mass is 10.1. The smallest absolute Gasteiger partial charge is 0.251 e. The second-order valence-corrected chi connectivity index (χ2v) is 5.21. The molecule has 0 saturated heterocycles. The summed E-state index contributed by atoms with van der Waals surface area (Å²) in [6, 6.07) is 4.90. The summed E-state index contributed by atoms with van der Waals surface area (Å²) >= 11 is 11.7. The Morgan fingerprint density at radius 1 is 1.24 bits per heavy atom. The highest BCUT2D eigenvalue weighted by molar-refractivity contribution is 6.35. The number of benzene rings is 1. The van der Waals surface area contributed by atoms with Gasteiger partial charge in [-0.25, -0.2) is 0 Å². The average Bonchev–Trinajstić information content (AvgIpc) is 2.63. The Balaban J connectivity index is 2.09. The van der Waals surface area contributed by atoms with Crippen LogP contribution in [0.4, 0.5) is 0 Å². The van der Waals surface area contributed by atoms with E-state index in [9.17, 15) is 4.79 Å². The molecule has 1 amide bonds. The van der Waals surface area contributed by atoms with E-state index in [4.69, 9.17) is 28.9 Å². The third-order valence-corrected chi connectivity index (χ3v) is 3.45. The number of hydrogen-bond acceptors (Lipinski definition) is 2. The van der Waals surface area contributed by atoms with Gasteiger partial charge in [-0.2, -0.15) is 0 Å². The third kappa shape index (κ3) is 3.12. The van der Waals surface area contributed by atoms with Crippen LogP contribution in [0.2, 0.25) is 10.0 Å². The van der Waals surface area contributed by atoms with Crippen molar-refractivity contribution in [1.82, 2.24) is 5.32 Å². The van der Waals surface area contributed by atoms with E-state index >= 15 is 0 Å². The predicted molar refractivity (Wildman–Crippen MR) is 69.5 cm³/mol. The predicted octanol–water partition coefficient (Wildman–Crippen LogP) is 2.60. The Hall–Kier alpha value is -0.770. The fourth-order valence-corrected chi connectivity index (χ4v) is 2.63. The Morgan fingerprint density at radius 2 is 1.88 bits per heavy atom. The number of amides is 1. The molecule has 0 heterocycles. The van der Waals surface area contributed by atoms with E-state index in [0.29, 0.717) is 15.6 Å². The second-order valence-electron chi connectivity index (χ2n) is 4.33. The summed E-state index contributed by atoms with van der Waals surface area (Å²) in [6.45, 7) is 0. The highest BCUT2D eigenvalue weighted by atomic mass is 35.5. The van der Waals surface area contributed by atoms with E-state index in [2.05, 4.69) is 5.32 Å². The van der Waals surface area contributed by atoms with Gasteiger partial charge in [0.25, 0.3) is 5.91 Å². The molecule has 1 aromatic carbocycles. The van der Waals surface area contributed by atoms with Crippen LogP contribution in [0.5, 0.6) is 0 Å². The molecule has 17 heavy (non-hydrogen) atoms. The highest BCUT2D eigenvalue weighted by Crippen LogP contribution is 2.21. The van der Waals surface area contributed by atoms with Crippen molar-refractivity contribution < 1.29 is 4.79 Å². The molecule has 1 fully saturated rings. The molecule has 2 unspecified atom stereocenters. The Labute approximate surface area is 110 Å². The summed E-state index contributed by atoms with van der Waals surface area (Å²) in [5.74, 6) is -0.170. The van der Waals surface area contributed by atoms with Gasteiger partial charge in [0.2, 0.25) is 0 Å². The molecule has 1 aliphatic rings. The van der Waals surface area contributed by atoms with Gasteiger partial charge in [-0.1, -0.05) is 23.2 Å². The number of nitrogens with two attached hydrogens (primary N) is 1. The van der Waals surface area contributed by atoms with E-state index in [1.54, 1.807) is 18.2 Å². The molecule has 1 saturated carbocycles. The van der Waals surface area contributed by atoms with Crippen LogP contribution in [-0.4, -0.2) is 18.0 Å². The lowest BCUT2D eigenvalue weighted by Gasteiger charge is -2.17. The molecule has 0 bridgehead atoms. The van der Waals surface area contributed by atoms with Crippen molar-refractivity contribution in [2.75, 3.05) is 0 Å². The standard InChI is InChI=1S/C12H14Cl2N2O/c13-8-4-7(5-9(14)6-8)12(17)16-11-3-1-2-10(11)15/h4-6,10-11H,1-3,15H2,(H,16,17). The van der Waals surface area contributed by atoms with Crippen LogP contribution in [0.15, 0.2) is 18.2 Å². The van der Waals surface area contributed by atoms with Gasteiger partial charge in [0.05, 0.1) is 0 Å². The molecule has 0 spiro atoms. The number of carbonyl (C=O) groups is 1. The molecule has 2 rings (SSSR count). The van der Waals surface area contributed by atoms with Gasteiger partial charge in [0, 0.05) is 27.7 Å². The largest absolute Gasteiger partial charge is 0.348 e. The second kappa shape index (κ2) is 5.25. The molecular weight excluding hydrogens is 259 g/mol. The maximum absolute atomic E-state index is 12.0. The molecular formula is C12H14Cl2N2O. The quantitative estimate of drug-likeness (QED) is 0.870. The summed E-state index contributed by atoms with van der Waals surface area (Å²) in [6.07, 6.45) is 2.95. The van der Waals surface area contributed by atoms with Gasteiger partial charge < -0.3 is 11.1 Å². The summed E-state index contributed by atoms with van der Waals surface area (Å²) in [5.41, 5.74) is 6.37. The van der Waals surface area contributed by atoms with Crippen LogP contribution in [0, 0.1) is 0 Å². The van der Waals surface area contributed by atoms with Crippen LogP contribution in [0.3, 0.4) is 0 Å². The summed E-state index contributed by atoms with van der Waals surface area (Å²) in [4.78, 5) is 12.0. The minimum Gasteiger partial charge on any atom is -0.348 e. The Bertz CT molecular complexity index is 416. The van der Waals surface area contributed by atoms with E-state index in [1.165, 1.54) is 0 Å². The lowest BCUT2D eigenvalue weighted by Crippen LogP contribution is -2.43. The number of nitrogens with one attached hydrogen (secondary N) is 1. The zero-order chi connectivity index (χ0) is 12.4. The van der Waals surface area contributed by atoms with Crippen LogP contribution < -0.4 is 11.1 Å². The first-order chi connectivity index (χ1) is 8.06. The van der Waals surface area contributed by atoms with Crippen molar-refractivity contribution >= 4 is 29.1 Å². The number of halogens is 2. The fraction of sp³-hybridized carbons (Fsp3) is 0.417. The van der Waals surface area contributed by atoms with Crippen LogP contribution >= 0.6 is 23.2 Å². The van der Waals surface area contributed by atoms with E-state index < -0.39 is 0 Å². The summed E-state index contributed by atoms with van der Waals surface area (Å²) in [7, 11) is 0. The van der Waals surface area contributed by atoms with Gasteiger partial charge >= 0.3 is 0 Å². The van der Waals surface area contributed by atoms with Gasteiger partial charge in [-0.15, -0.1) is 0 Å². The highest BCUT2D eigenvalue weighted by Gasteiger charge is 2.25. The number of rotatable bonds is 2. The maximum Gasteiger partial charge on any atom is 0.251 e. The Kier molecular flexibility index (Phi) is 3.92. The number of hydrogen-bond donors (Lipinski definition) is 2. The maximum atomic E-state index is 12.0. The first kappa shape index (κ1) is 12.7. The van der Waals surface area contributed by atoms with E-state index in [1.807, 2.05) is 0 Å². The Morgan fingerprint density at radius 3 is 2.41 bits per heavy atom.